The van der Waals surface area contributed by atoms with E-state index in [1.54, 1.807) is 12.1 Å². The highest BCUT2D eigenvalue weighted by Gasteiger charge is 2.06. The monoisotopic (exact) mass is 312 g/mol. The van der Waals surface area contributed by atoms with Gasteiger partial charge < -0.3 is 20.8 Å². The van der Waals surface area contributed by atoms with Gasteiger partial charge in [0.1, 0.15) is 12.3 Å². The van der Waals surface area contributed by atoms with Crippen molar-refractivity contribution >= 4 is 23.6 Å². The minimum absolute atomic E-state index is 0.162. The van der Waals surface area contributed by atoms with Crippen molar-refractivity contribution in [1.29, 1.82) is 0 Å². The highest BCUT2D eigenvalue weighted by atomic mass is 32.2. The number of rotatable bonds is 9. The molecule has 0 saturated heterocycles. The molecule has 0 radical (unpaired) electrons. The number of aliphatic imine (C=N–C) groups is 1. The number of amides is 1. The van der Waals surface area contributed by atoms with E-state index in [-0.39, 0.29) is 5.76 Å². The Bertz CT molecular complexity index is 460. The van der Waals surface area contributed by atoms with Crippen molar-refractivity contribution in [3.05, 3.63) is 23.7 Å². The molecule has 0 aliphatic carbocycles. The lowest BCUT2D eigenvalue weighted by Crippen LogP contribution is -2.37. The van der Waals surface area contributed by atoms with E-state index in [1.807, 2.05) is 18.7 Å². The number of nitrogens with two attached hydrogens (primary N) is 1. The van der Waals surface area contributed by atoms with Crippen LogP contribution in [0.4, 0.5) is 0 Å². The first-order valence-corrected chi connectivity index (χ1v) is 8.46. The van der Waals surface area contributed by atoms with Gasteiger partial charge in [-0.05, 0) is 43.9 Å². The zero-order valence-corrected chi connectivity index (χ0v) is 13.5. The van der Waals surface area contributed by atoms with E-state index >= 15 is 0 Å². The summed E-state index contributed by atoms with van der Waals surface area (Å²) in [6, 6.07) is 3.28. The highest BCUT2D eigenvalue weighted by molar-refractivity contribution is 7.98. The number of carbonyl (C=O) groups is 1. The van der Waals surface area contributed by atoms with Crippen molar-refractivity contribution in [1.82, 2.24) is 10.6 Å². The smallest absolute Gasteiger partial charge is 0.284 e. The Morgan fingerprint density at radius 3 is 2.81 bits per heavy atom. The summed E-state index contributed by atoms with van der Waals surface area (Å²) in [6.45, 7) is 4.06. The number of unbranched alkanes of at least 4 members (excludes halogenated alkanes) is 1. The minimum atomic E-state index is -0.566. The number of guanidine groups is 1. The highest BCUT2D eigenvalue weighted by Crippen LogP contribution is 2.08. The standard InChI is InChI=1S/C14H24N4O2S/c1-3-16-14(17-8-4-5-9-21-2)18-10-11-6-7-12(20-11)13(15)19/h6-7H,3-5,8-10H2,1-2H3,(H2,15,19)(H2,16,17,18). The van der Waals surface area contributed by atoms with Gasteiger partial charge in [-0.3, -0.25) is 4.79 Å². The third kappa shape index (κ3) is 7.08. The largest absolute Gasteiger partial charge is 0.454 e. The first-order chi connectivity index (χ1) is 10.2. The van der Waals surface area contributed by atoms with Crippen LogP contribution in [0.1, 0.15) is 36.1 Å². The number of carbonyl (C=O) groups excluding carboxylic acids is 1. The molecule has 1 amide bonds. The zero-order chi connectivity index (χ0) is 15.5. The molecular formula is C14H24N4O2S. The van der Waals surface area contributed by atoms with Crippen LogP contribution in [0, 0.1) is 0 Å². The lowest BCUT2D eigenvalue weighted by Gasteiger charge is -2.10. The predicted octanol–water partition coefficient (Wildman–Crippen LogP) is 1.58. The molecule has 0 bridgehead atoms. The van der Waals surface area contributed by atoms with E-state index in [0.29, 0.717) is 12.3 Å². The van der Waals surface area contributed by atoms with Gasteiger partial charge in [0.05, 0.1) is 0 Å². The average molecular weight is 312 g/mol. The Morgan fingerprint density at radius 2 is 2.19 bits per heavy atom. The van der Waals surface area contributed by atoms with E-state index in [1.165, 1.54) is 12.2 Å². The van der Waals surface area contributed by atoms with Crippen molar-refractivity contribution in [2.45, 2.75) is 26.3 Å². The van der Waals surface area contributed by atoms with Crippen molar-refractivity contribution in [3.63, 3.8) is 0 Å². The van der Waals surface area contributed by atoms with E-state index in [2.05, 4.69) is 21.9 Å². The van der Waals surface area contributed by atoms with Gasteiger partial charge in [0, 0.05) is 13.1 Å². The molecule has 0 unspecified atom stereocenters. The number of nitrogens with one attached hydrogen (secondary N) is 2. The summed E-state index contributed by atoms with van der Waals surface area (Å²) >= 11 is 1.86. The van der Waals surface area contributed by atoms with Crippen molar-refractivity contribution in [3.8, 4) is 0 Å². The number of primary amides is 1. The number of furan rings is 1. The zero-order valence-electron chi connectivity index (χ0n) is 12.6. The number of hydrogen-bond donors (Lipinski definition) is 3. The quantitative estimate of drug-likeness (QED) is 0.366. The molecule has 0 aliphatic rings. The first kappa shape index (κ1) is 17.4. The molecule has 21 heavy (non-hydrogen) atoms. The third-order valence-electron chi connectivity index (χ3n) is 2.71. The molecule has 0 atom stereocenters. The van der Waals surface area contributed by atoms with Crippen molar-refractivity contribution in [2.24, 2.45) is 10.7 Å². The second-order valence-corrected chi connectivity index (χ2v) is 5.44. The topological polar surface area (TPSA) is 92.6 Å². The maximum absolute atomic E-state index is 10.9. The molecular weight excluding hydrogens is 288 g/mol. The van der Waals surface area contributed by atoms with Crippen LogP contribution in [0.3, 0.4) is 0 Å². The molecule has 1 rings (SSSR count). The molecule has 1 aromatic rings. The molecule has 0 aromatic carbocycles. The van der Waals surface area contributed by atoms with Crippen molar-refractivity contribution < 1.29 is 9.21 Å². The maximum atomic E-state index is 10.9. The Kier molecular flexibility index (Phi) is 8.42. The molecule has 1 heterocycles. The molecule has 0 aliphatic heterocycles. The normalized spacial score (nSPS) is 11.4. The SMILES string of the molecule is CCNC(=NCc1ccc(C(N)=O)o1)NCCCCSC. The van der Waals surface area contributed by atoms with Crippen LogP contribution in [0.5, 0.6) is 0 Å². The van der Waals surface area contributed by atoms with Gasteiger partial charge in [-0.25, -0.2) is 4.99 Å². The summed E-state index contributed by atoms with van der Waals surface area (Å²) in [5, 5.41) is 6.45. The fourth-order valence-electron chi connectivity index (χ4n) is 1.67. The molecule has 0 fully saturated rings. The van der Waals surface area contributed by atoms with Crippen LogP contribution < -0.4 is 16.4 Å². The lowest BCUT2D eigenvalue weighted by molar-refractivity contribution is 0.0972. The number of thioether (sulfide) groups is 1. The molecule has 1 aromatic heterocycles. The fraction of sp³-hybridized carbons (Fsp3) is 0.571. The summed E-state index contributed by atoms with van der Waals surface area (Å²) in [6.07, 6.45) is 4.41. The molecule has 118 valence electrons. The molecule has 7 heteroatoms. The van der Waals surface area contributed by atoms with Gasteiger partial charge in [0.2, 0.25) is 0 Å². The fourth-order valence-corrected chi connectivity index (χ4v) is 2.17. The van der Waals surface area contributed by atoms with Gasteiger partial charge in [0.25, 0.3) is 5.91 Å². The second-order valence-electron chi connectivity index (χ2n) is 4.45. The van der Waals surface area contributed by atoms with Gasteiger partial charge in [-0.2, -0.15) is 11.8 Å². The summed E-state index contributed by atoms with van der Waals surface area (Å²) in [5.74, 6) is 2.14. The van der Waals surface area contributed by atoms with E-state index < -0.39 is 5.91 Å². The summed E-state index contributed by atoms with van der Waals surface area (Å²) in [5.41, 5.74) is 5.14. The van der Waals surface area contributed by atoms with Gasteiger partial charge in [-0.15, -0.1) is 0 Å². The van der Waals surface area contributed by atoms with Gasteiger partial charge in [-0.1, -0.05) is 0 Å². The van der Waals surface area contributed by atoms with Gasteiger partial charge >= 0.3 is 0 Å². The predicted molar refractivity (Wildman–Crippen MR) is 87.7 cm³/mol. The Hall–Kier alpha value is -1.63. The summed E-state index contributed by atoms with van der Waals surface area (Å²) in [7, 11) is 0. The number of nitrogens with zero attached hydrogens (tertiary/aromatic N) is 1. The van der Waals surface area contributed by atoms with E-state index in [0.717, 1.165) is 25.5 Å². The Labute approximate surface area is 129 Å². The van der Waals surface area contributed by atoms with Gasteiger partial charge in [0.15, 0.2) is 11.7 Å². The number of hydrogen-bond acceptors (Lipinski definition) is 4. The van der Waals surface area contributed by atoms with Crippen molar-refractivity contribution in [2.75, 3.05) is 25.1 Å². The lowest BCUT2D eigenvalue weighted by atomic mass is 10.3. The van der Waals surface area contributed by atoms with Crippen LogP contribution in [-0.2, 0) is 6.54 Å². The van der Waals surface area contributed by atoms with Crippen LogP contribution in [0.25, 0.3) is 0 Å². The second kappa shape index (κ2) is 10.1. The molecule has 0 saturated carbocycles. The minimum Gasteiger partial charge on any atom is -0.454 e. The maximum Gasteiger partial charge on any atom is 0.284 e. The van der Waals surface area contributed by atoms with E-state index in [4.69, 9.17) is 10.2 Å². The molecule has 6 nitrogen and oxygen atoms in total. The molecule has 0 spiro atoms. The van der Waals surface area contributed by atoms with Crippen LogP contribution in [0.2, 0.25) is 0 Å². The van der Waals surface area contributed by atoms with Crippen LogP contribution in [-0.4, -0.2) is 37.0 Å². The average Bonchev–Trinajstić information content (AvgIpc) is 2.93. The summed E-state index contributed by atoms with van der Waals surface area (Å²) in [4.78, 5) is 15.4. The van der Waals surface area contributed by atoms with Crippen LogP contribution >= 0.6 is 11.8 Å². The Balaban J connectivity index is 2.44. The van der Waals surface area contributed by atoms with Crippen LogP contribution in [0.15, 0.2) is 21.5 Å². The Morgan fingerprint density at radius 1 is 1.38 bits per heavy atom. The molecule has 4 N–H and O–H groups in total. The summed E-state index contributed by atoms with van der Waals surface area (Å²) < 4.78 is 5.29. The first-order valence-electron chi connectivity index (χ1n) is 7.07. The third-order valence-corrected chi connectivity index (χ3v) is 3.41. The van der Waals surface area contributed by atoms with E-state index in [9.17, 15) is 4.79 Å².